The van der Waals surface area contributed by atoms with Crippen molar-refractivity contribution in [1.29, 1.82) is 0 Å². The van der Waals surface area contributed by atoms with Crippen LogP contribution < -0.4 is 0 Å². The fraction of sp³-hybridized carbons (Fsp3) is 0.812. The van der Waals surface area contributed by atoms with Crippen LogP contribution in [-0.4, -0.2) is 30.0 Å². The predicted octanol–water partition coefficient (Wildman–Crippen LogP) is 4.16. The van der Waals surface area contributed by atoms with Crippen LogP contribution in [0.5, 0.6) is 0 Å². The summed E-state index contributed by atoms with van der Waals surface area (Å²) >= 11 is 0. The van der Waals surface area contributed by atoms with Crippen molar-refractivity contribution in [3.63, 3.8) is 0 Å². The van der Waals surface area contributed by atoms with Gasteiger partial charge >= 0.3 is 12.1 Å². The first-order valence-electron chi connectivity index (χ1n) is 7.82. The number of unbranched alkanes of at least 4 members (excludes halogenated alkanes) is 1. The molecule has 0 amide bonds. The topological polar surface area (TPSA) is 35.5 Å². The minimum Gasteiger partial charge on any atom is -0.455 e. The maximum absolute atomic E-state index is 12.6. The third kappa shape index (κ3) is 3.47. The monoisotopic (exact) mass is 320 g/mol. The Labute approximate surface area is 128 Å². The maximum Gasteiger partial charge on any atom is 0.422 e. The molecule has 4 atom stereocenters. The van der Waals surface area contributed by atoms with Gasteiger partial charge in [-0.15, -0.1) is 0 Å². The normalized spacial score (nSPS) is 30.1. The molecule has 2 aliphatic rings. The molecule has 0 spiro atoms. The van der Waals surface area contributed by atoms with Gasteiger partial charge in [-0.2, -0.15) is 13.2 Å². The number of carbonyl (C=O) groups excluding carboxylic acids is 1. The maximum atomic E-state index is 12.6. The summed E-state index contributed by atoms with van der Waals surface area (Å²) in [5.41, 5.74) is -2.37. The van der Waals surface area contributed by atoms with Crippen LogP contribution in [0.2, 0.25) is 0 Å². The fourth-order valence-corrected chi connectivity index (χ4v) is 3.51. The molecule has 2 fully saturated rings. The Hall–Kier alpha value is -1.04. The first-order chi connectivity index (χ1) is 10.2. The van der Waals surface area contributed by atoms with Gasteiger partial charge in [-0.25, -0.2) is 4.79 Å². The van der Waals surface area contributed by atoms with Gasteiger partial charge in [-0.1, -0.05) is 19.9 Å². The molecule has 2 rings (SSSR count). The molecule has 126 valence electrons. The minimum atomic E-state index is -4.76. The second-order valence-electron chi connectivity index (χ2n) is 6.50. The Kier molecular flexibility index (Phi) is 4.90. The van der Waals surface area contributed by atoms with Crippen LogP contribution in [0.3, 0.4) is 0 Å². The third-order valence-corrected chi connectivity index (χ3v) is 4.83. The molecular weight excluding hydrogens is 297 g/mol. The summed E-state index contributed by atoms with van der Waals surface area (Å²) in [5.74, 6) is -1.41. The van der Waals surface area contributed by atoms with Crippen LogP contribution in [-0.2, 0) is 14.3 Å². The van der Waals surface area contributed by atoms with Gasteiger partial charge in [0, 0.05) is 5.92 Å². The number of ether oxygens (including phenoxy) is 2. The zero-order valence-electron chi connectivity index (χ0n) is 13.0. The van der Waals surface area contributed by atoms with E-state index in [0.717, 1.165) is 32.1 Å². The van der Waals surface area contributed by atoms with Gasteiger partial charge < -0.3 is 9.47 Å². The van der Waals surface area contributed by atoms with Gasteiger partial charge in [-0.3, -0.25) is 0 Å². The molecule has 6 heteroatoms. The van der Waals surface area contributed by atoms with Crippen LogP contribution in [0.1, 0.15) is 52.4 Å². The van der Waals surface area contributed by atoms with E-state index in [9.17, 15) is 18.0 Å². The Bertz CT molecular complexity index is 446. The molecular formula is C16H23F3O3. The van der Waals surface area contributed by atoms with Crippen LogP contribution in [0.4, 0.5) is 13.2 Å². The van der Waals surface area contributed by atoms with E-state index < -0.39 is 23.3 Å². The van der Waals surface area contributed by atoms with Crippen LogP contribution in [0.25, 0.3) is 0 Å². The Morgan fingerprint density at radius 1 is 1.36 bits per heavy atom. The molecule has 0 saturated carbocycles. The lowest BCUT2D eigenvalue weighted by Crippen LogP contribution is -2.45. The lowest BCUT2D eigenvalue weighted by Gasteiger charge is -2.38. The van der Waals surface area contributed by atoms with E-state index >= 15 is 0 Å². The minimum absolute atomic E-state index is 0.0150. The highest BCUT2D eigenvalue weighted by molar-refractivity contribution is 5.89. The average molecular weight is 320 g/mol. The van der Waals surface area contributed by atoms with E-state index in [-0.39, 0.29) is 18.1 Å². The summed E-state index contributed by atoms with van der Waals surface area (Å²) in [7, 11) is 0. The van der Waals surface area contributed by atoms with Gasteiger partial charge in [0.05, 0.1) is 12.2 Å². The number of hydrogen-bond acceptors (Lipinski definition) is 3. The van der Waals surface area contributed by atoms with Gasteiger partial charge in [0.2, 0.25) is 0 Å². The third-order valence-electron chi connectivity index (χ3n) is 4.83. The number of esters is 1. The van der Waals surface area contributed by atoms with E-state index in [1.165, 1.54) is 0 Å². The summed E-state index contributed by atoms with van der Waals surface area (Å²) in [6.07, 6.45) is 0.204. The van der Waals surface area contributed by atoms with Crippen molar-refractivity contribution in [2.24, 2.45) is 5.92 Å². The molecule has 0 N–H and O–H groups in total. The van der Waals surface area contributed by atoms with E-state index in [0.29, 0.717) is 6.42 Å². The standard InChI is InChI=1S/C16H23F3O3/c1-4-5-8-15(3,12-9-11-6-7-13(12)21-11)22-14(20)10(2)16(17,18)19/h11-13H,2,4-9H2,1,3H3. The Balaban J connectivity index is 2.12. The quantitative estimate of drug-likeness (QED) is 0.544. The average Bonchev–Trinajstić information content (AvgIpc) is 3.06. The highest BCUT2D eigenvalue weighted by Crippen LogP contribution is 2.47. The zero-order valence-corrected chi connectivity index (χ0v) is 13.0. The number of halogens is 3. The number of rotatable bonds is 6. The van der Waals surface area contributed by atoms with Crippen molar-refractivity contribution >= 4 is 5.97 Å². The van der Waals surface area contributed by atoms with Crippen LogP contribution in [0.15, 0.2) is 12.2 Å². The molecule has 4 unspecified atom stereocenters. The summed E-state index contributed by atoms with van der Waals surface area (Å²) in [6.45, 7) is 6.56. The van der Waals surface area contributed by atoms with Crippen molar-refractivity contribution in [3.05, 3.63) is 12.2 Å². The molecule has 3 nitrogen and oxygen atoms in total. The number of alkyl halides is 3. The van der Waals surface area contributed by atoms with Gasteiger partial charge in [0.15, 0.2) is 0 Å². The van der Waals surface area contributed by atoms with E-state index in [2.05, 4.69) is 6.58 Å². The van der Waals surface area contributed by atoms with Gasteiger partial charge in [0.25, 0.3) is 0 Å². The van der Waals surface area contributed by atoms with E-state index in [4.69, 9.17) is 9.47 Å². The molecule has 0 aromatic carbocycles. The number of carbonyl (C=O) groups is 1. The summed E-state index contributed by atoms with van der Waals surface area (Å²) in [4.78, 5) is 11.8. The number of fused-ring (bicyclic) bond motifs is 2. The van der Waals surface area contributed by atoms with Crippen molar-refractivity contribution in [2.75, 3.05) is 0 Å². The molecule has 22 heavy (non-hydrogen) atoms. The molecule has 2 heterocycles. The summed E-state index contributed by atoms with van der Waals surface area (Å²) in [6, 6.07) is 0. The van der Waals surface area contributed by atoms with Gasteiger partial charge in [0.1, 0.15) is 11.2 Å². The highest BCUT2D eigenvalue weighted by atomic mass is 19.4. The largest absolute Gasteiger partial charge is 0.455 e. The number of hydrogen-bond donors (Lipinski definition) is 0. The van der Waals surface area contributed by atoms with Crippen molar-refractivity contribution in [3.8, 4) is 0 Å². The summed E-state index contributed by atoms with van der Waals surface area (Å²) in [5, 5.41) is 0. The van der Waals surface area contributed by atoms with Gasteiger partial charge in [-0.05, 0) is 39.0 Å². The second-order valence-corrected chi connectivity index (χ2v) is 6.50. The van der Waals surface area contributed by atoms with E-state index in [1.807, 2.05) is 6.92 Å². The highest BCUT2D eigenvalue weighted by Gasteiger charge is 2.52. The molecule has 2 aliphatic heterocycles. The second kappa shape index (κ2) is 6.22. The smallest absolute Gasteiger partial charge is 0.422 e. The van der Waals surface area contributed by atoms with E-state index in [1.54, 1.807) is 6.92 Å². The predicted molar refractivity (Wildman–Crippen MR) is 75.2 cm³/mol. The first-order valence-corrected chi connectivity index (χ1v) is 7.82. The molecule has 0 radical (unpaired) electrons. The van der Waals surface area contributed by atoms with Crippen molar-refractivity contribution in [2.45, 2.75) is 76.4 Å². The summed E-state index contributed by atoms with van der Waals surface area (Å²) < 4.78 is 49.0. The lowest BCUT2D eigenvalue weighted by molar-refractivity contribution is -0.171. The SMILES string of the molecule is C=C(C(=O)OC(C)(CCCC)C1CC2CCC1O2)C(F)(F)F. The van der Waals surface area contributed by atoms with Crippen molar-refractivity contribution < 1.29 is 27.4 Å². The lowest BCUT2D eigenvalue weighted by atomic mass is 9.75. The molecule has 0 aromatic rings. The molecule has 2 bridgehead atoms. The molecule has 0 aromatic heterocycles. The molecule has 2 saturated heterocycles. The fourth-order valence-electron chi connectivity index (χ4n) is 3.51. The Morgan fingerprint density at radius 2 is 2.05 bits per heavy atom. The Morgan fingerprint density at radius 3 is 2.50 bits per heavy atom. The first kappa shape index (κ1) is 17.3. The zero-order chi connectivity index (χ0) is 16.5. The van der Waals surface area contributed by atoms with Crippen LogP contribution in [0, 0.1) is 5.92 Å². The van der Waals surface area contributed by atoms with Crippen LogP contribution >= 0.6 is 0 Å². The molecule has 0 aliphatic carbocycles. The van der Waals surface area contributed by atoms with Crippen molar-refractivity contribution in [1.82, 2.24) is 0 Å².